The summed E-state index contributed by atoms with van der Waals surface area (Å²) in [6.07, 6.45) is -0.711. The minimum atomic E-state index is -0.711. The molecule has 2 N–H and O–H groups in total. The van der Waals surface area contributed by atoms with Crippen LogP contribution in [0.4, 0.5) is 0 Å². The number of hydrogen-bond donors (Lipinski definition) is 2. The van der Waals surface area contributed by atoms with Gasteiger partial charge in [-0.25, -0.2) is 4.98 Å². The fourth-order valence-corrected chi connectivity index (χ4v) is 2.84. The first-order valence-electron chi connectivity index (χ1n) is 7.29. The second kappa shape index (κ2) is 7.12. The summed E-state index contributed by atoms with van der Waals surface area (Å²) in [5.41, 5.74) is 1.69. The molecule has 1 aromatic heterocycles. The molecule has 1 heterocycles. The van der Waals surface area contributed by atoms with Crippen molar-refractivity contribution in [1.29, 1.82) is 0 Å². The molecule has 0 aliphatic rings. The Kier molecular flexibility index (Phi) is 4.95. The SMILES string of the molecule is OCc1nc2ccccc2n1CC(O)COc1cccc(Br)c1. The third kappa shape index (κ3) is 3.72. The monoisotopic (exact) mass is 376 g/mol. The zero-order valence-electron chi connectivity index (χ0n) is 12.4. The second-order valence-corrected chi connectivity index (χ2v) is 6.12. The average Bonchev–Trinajstić information content (AvgIpc) is 2.91. The van der Waals surface area contributed by atoms with Gasteiger partial charge in [0.1, 0.15) is 30.9 Å². The van der Waals surface area contributed by atoms with Crippen molar-refractivity contribution in [3.8, 4) is 5.75 Å². The number of ether oxygens (including phenoxy) is 1. The van der Waals surface area contributed by atoms with Crippen LogP contribution in [-0.2, 0) is 13.2 Å². The van der Waals surface area contributed by atoms with Crippen molar-refractivity contribution in [2.75, 3.05) is 6.61 Å². The number of aromatic nitrogens is 2. The maximum absolute atomic E-state index is 10.3. The minimum absolute atomic E-state index is 0.161. The van der Waals surface area contributed by atoms with Crippen LogP contribution in [-0.4, -0.2) is 32.5 Å². The van der Waals surface area contributed by atoms with Crippen LogP contribution in [0, 0.1) is 0 Å². The predicted octanol–water partition coefficient (Wildman–Crippen LogP) is 2.73. The third-order valence-electron chi connectivity index (χ3n) is 3.51. The lowest BCUT2D eigenvalue weighted by Crippen LogP contribution is -2.24. The van der Waals surface area contributed by atoms with Crippen molar-refractivity contribution in [3.63, 3.8) is 0 Å². The minimum Gasteiger partial charge on any atom is -0.491 e. The molecule has 23 heavy (non-hydrogen) atoms. The first-order chi connectivity index (χ1) is 11.2. The Balaban J connectivity index is 1.71. The van der Waals surface area contributed by atoms with Gasteiger partial charge < -0.3 is 19.5 Å². The Morgan fingerprint density at radius 2 is 2.00 bits per heavy atom. The molecule has 3 aromatic rings. The molecule has 6 heteroatoms. The molecule has 2 aromatic carbocycles. The number of aliphatic hydroxyl groups is 2. The van der Waals surface area contributed by atoms with E-state index in [1.807, 2.05) is 53.1 Å². The summed E-state index contributed by atoms with van der Waals surface area (Å²) in [4.78, 5) is 4.37. The Morgan fingerprint density at radius 3 is 2.78 bits per heavy atom. The van der Waals surface area contributed by atoms with Crippen molar-refractivity contribution < 1.29 is 14.9 Å². The zero-order valence-corrected chi connectivity index (χ0v) is 14.0. The molecule has 3 rings (SSSR count). The number of halogens is 1. The molecule has 1 atom stereocenters. The van der Waals surface area contributed by atoms with Gasteiger partial charge in [0.05, 0.1) is 17.6 Å². The van der Waals surface area contributed by atoms with Gasteiger partial charge in [0.2, 0.25) is 0 Å². The number of hydrogen-bond acceptors (Lipinski definition) is 4. The number of imidazole rings is 1. The third-order valence-corrected chi connectivity index (χ3v) is 4.00. The first kappa shape index (κ1) is 16.0. The van der Waals surface area contributed by atoms with E-state index in [1.54, 1.807) is 0 Å². The molecular formula is C17H17BrN2O3. The normalized spacial score (nSPS) is 12.5. The quantitative estimate of drug-likeness (QED) is 0.693. The first-order valence-corrected chi connectivity index (χ1v) is 8.08. The maximum Gasteiger partial charge on any atom is 0.135 e. The Morgan fingerprint density at radius 1 is 1.17 bits per heavy atom. The van der Waals surface area contributed by atoms with Crippen LogP contribution in [0.5, 0.6) is 5.75 Å². The molecule has 0 fully saturated rings. The van der Waals surface area contributed by atoms with Crippen molar-refractivity contribution in [1.82, 2.24) is 9.55 Å². The van der Waals surface area contributed by atoms with Crippen LogP contribution in [0.1, 0.15) is 5.82 Å². The summed E-state index contributed by atoms with van der Waals surface area (Å²) < 4.78 is 8.35. The van der Waals surface area contributed by atoms with Gasteiger partial charge in [0.15, 0.2) is 0 Å². The van der Waals surface area contributed by atoms with E-state index in [9.17, 15) is 10.2 Å². The van der Waals surface area contributed by atoms with E-state index in [-0.39, 0.29) is 13.2 Å². The molecule has 0 bridgehead atoms. The highest BCUT2D eigenvalue weighted by Crippen LogP contribution is 2.19. The van der Waals surface area contributed by atoms with Gasteiger partial charge in [0.25, 0.3) is 0 Å². The Bertz CT molecular complexity index is 803. The summed E-state index contributed by atoms with van der Waals surface area (Å²) in [6, 6.07) is 15.1. The zero-order chi connectivity index (χ0) is 16.2. The number of aliphatic hydroxyl groups excluding tert-OH is 2. The molecule has 0 saturated heterocycles. The van der Waals surface area contributed by atoms with Crippen LogP contribution < -0.4 is 4.74 Å². The van der Waals surface area contributed by atoms with Crippen molar-refractivity contribution >= 4 is 27.0 Å². The summed E-state index contributed by atoms with van der Waals surface area (Å²) in [6.45, 7) is 0.298. The van der Waals surface area contributed by atoms with E-state index in [4.69, 9.17) is 4.74 Å². The lowest BCUT2D eigenvalue weighted by molar-refractivity contribution is 0.0914. The Labute approximate surface area is 142 Å². The summed E-state index contributed by atoms with van der Waals surface area (Å²) >= 11 is 3.38. The molecular weight excluding hydrogens is 360 g/mol. The van der Waals surface area contributed by atoms with Crippen molar-refractivity contribution in [2.45, 2.75) is 19.3 Å². The fraction of sp³-hybridized carbons (Fsp3) is 0.235. The van der Waals surface area contributed by atoms with E-state index in [1.165, 1.54) is 0 Å². The van der Waals surface area contributed by atoms with Gasteiger partial charge in [-0.3, -0.25) is 0 Å². The van der Waals surface area contributed by atoms with Crippen LogP contribution in [0.2, 0.25) is 0 Å². The van der Waals surface area contributed by atoms with Crippen molar-refractivity contribution in [2.24, 2.45) is 0 Å². The highest BCUT2D eigenvalue weighted by atomic mass is 79.9. The molecule has 0 spiro atoms. The van der Waals surface area contributed by atoms with E-state index in [2.05, 4.69) is 20.9 Å². The smallest absolute Gasteiger partial charge is 0.135 e. The largest absolute Gasteiger partial charge is 0.491 e. The second-order valence-electron chi connectivity index (χ2n) is 5.21. The molecule has 0 radical (unpaired) electrons. The molecule has 0 aliphatic carbocycles. The standard InChI is InChI=1S/C17H17BrN2O3/c18-12-4-3-5-14(8-12)23-11-13(22)9-20-16-7-2-1-6-15(16)19-17(20)10-21/h1-8,13,21-22H,9-11H2. The molecule has 120 valence electrons. The highest BCUT2D eigenvalue weighted by molar-refractivity contribution is 9.10. The van der Waals surface area contributed by atoms with E-state index in [0.29, 0.717) is 18.1 Å². The number of fused-ring (bicyclic) bond motifs is 1. The number of benzene rings is 2. The van der Waals surface area contributed by atoms with Gasteiger partial charge in [-0.05, 0) is 30.3 Å². The topological polar surface area (TPSA) is 67.5 Å². The molecule has 5 nitrogen and oxygen atoms in total. The predicted molar refractivity (Wildman–Crippen MR) is 91.3 cm³/mol. The number of nitrogens with zero attached hydrogens (tertiary/aromatic N) is 2. The molecule has 0 aliphatic heterocycles. The van der Waals surface area contributed by atoms with E-state index >= 15 is 0 Å². The number of rotatable bonds is 6. The molecule has 1 unspecified atom stereocenters. The average molecular weight is 377 g/mol. The number of para-hydroxylation sites is 2. The highest BCUT2D eigenvalue weighted by Gasteiger charge is 2.14. The van der Waals surface area contributed by atoms with Crippen molar-refractivity contribution in [3.05, 3.63) is 58.8 Å². The van der Waals surface area contributed by atoms with Gasteiger partial charge in [0, 0.05) is 4.47 Å². The van der Waals surface area contributed by atoms with Crippen LogP contribution in [0.25, 0.3) is 11.0 Å². The molecule has 0 amide bonds. The van der Waals surface area contributed by atoms with Crippen LogP contribution in [0.3, 0.4) is 0 Å². The van der Waals surface area contributed by atoms with Crippen LogP contribution in [0.15, 0.2) is 53.0 Å². The van der Waals surface area contributed by atoms with Crippen LogP contribution >= 0.6 is 15.9 Å². The van der Waals surface area contributed by atoms with Gasteiger partial charge in [-0.15, -0.1) is 0 Å². The van der Waals surface area contributed by atoms with Gasteiger partial charge >= 0.3 is 0 Å². The Hall–Kier alpha value is -1.89. The lowest BCUT2D eigenvalue weighted by Gasteiger charge is -2.15. The van der Waals surface area contributed by atoms with E-state index in [0.717, 1.165) is 15.5 Å². The fourth-order valence-electron chi connectivity index (χ4n) is 2.46. The molecule has 0 saturated carbocycles. The van der Waals surface area contributed by atoms with Gasteiger partial charge in [-0.1, -0.05) is 34.1 Å². The lowest BCUT2D eigenvalue weighted by atomic mass is 10.3. The summed E-state index contributed by atoms with van der Waals surface area (Å²) in [7, 11) is 0. The maximum atomic E-state index is 10.3. The van der Waals surface area contributed by atoms with Gasteiger partial charge in [-0.2, -0.15) is 0 Å². The summed E-state index contributed by atoms with van der Waals surface area (Å²) in [5.74, 6) is 1.23. The van der Waals surface area contributed by atoms with E-state index < -0.39 is 6.10 Å². The summed E-state index contributed by atoms with van der Waals surface area (Å²) in [5, 5.41) is 19.7.